The fraction of sp³-hybridized carbons (Fsp3) is 0.222. The molecule has 0 aliphatic rings. The van der Waals surface area contributed by atoms with Crippen LogP contribution in [0, 0.1) is 0 Å². The molecule has 2 aromatic carbocycles. The van der Waals surface area contributed by atoms with Gasteiger partial charge in [0, 0.05) is 0 Å². The van der Waals surface area contributed by atoms with E-state index in [9.17, 15) is 9.59 Å². The van der Waals surface area contributed by atoms with E-state index in [0.29, 0.717) is 17.0 Å². The maximum atomic E-state index is 11.9. The second kappa shape index (κ2) is 7.98. The van der Waals surface area contributed by atoms with E-state index < -0.39 is 11.9 Å². The van der Waals surface area contributed by atoms with Crippen LogP contribution < -0.4 is 10.1 Å². The zero-order valence-electron chi connectivity index (χ0n) is 13.2. The highest BCUT2D eigenvalue weighted by Gasteiger charge is 2.11. The molecule has 1 N–H and O–H groups in total. The Kier molecular flexibility index (Phi) is 5.74. The highest BCUT2D eigenvalue weighted by Crippen LogP contribution is 2.22. The summed E-state index contributed by atoms with van der Waals surface area (Å²) in [7, 11) is 1.52. The molecule has 2 rings (SSSR count). The average Bonchev–Trinajstić information content (AvgIpc) is 2.60. The van der Waals surface area contributed by atoms with E-state index in [2.05, 4.69) is 5.32 Å². The van der Waals surface area contributed by atoms with Gasteiger partial charge in [-0.15, -0.1) is 0 Å². The Labute approximate surface area is 135 Å². The minimum Gasteiger partial charge on any atom is -0.495 e. The molecule has 5 nitrogen and oxygen atoms in total. The monoisotopic (exact) mass is 313 g/mol. The molecule has 0 aliphatic carbocycles. The second-order valence-electron chi connectivity index (χ2n) is 4.88. The summed E-state index contributed by atoms with van der Waals surface area (Å²) < 4.78 is 10.2. The van der Waals surface area contributed by atoms with Crippen LogP contribution in [0.5, 0.6) is 5.75 Å². The zero-order chi connectivity index (χ0) is 16.7. The van der Waals surface area contributed by atoms with Crippen LogP contribution in [0.15, 0.2) is 48.5 Å². The van der Waals surface area contributed by atoms with Crippen LogP contribution in [0.2, 0.25) is 0 Å². The first-order chi connectivity index (χ1) is 11.1. The maximum Gasteiger partial charge on any atom is 0.338 e. The number of benzene rings is 2. The normalized spacial score (nSPS) is 10.0. The molecule has 120 valence electrons. The fourth-order valence-electron chi connectivity index (χ4n) is 2.03. The third-order valence-electron chi connectivity index (χ3n) is 3.31. The highest BCUT2D eigenvalue weighted by atomic mass is 16.5. The van der Waals surface area contributed by atoms with Gasteiger partial charge in [-0.1, -0.05) is 31.2 Å². The average molecular weight is 313 g/mol. The Bertz CT molecular complexity index is 680. The number of para-hydroxylation sites is 2. The van der Waals surface area contributed by atoms with Crippen LogP contribution in [0.1, 0.15) is 22.8 Å². The SMILES string of the molecule is CCc1ccc(C(=O)OCC(=O)Nc2ccccc2OC)cc1. The lowest BCUT2D eigenvalue weighted by Gasteiger charge is -2.10. The van der Waals surface area contributed by atoms with Gasteiger partial charge in [0.15, 0.2) is 6.61 Å². The predicted octanol–water partition coefficient (Wildman–Crippen LogP) is 3.05. The van der Waals surface area contributed by atoms with Gasteiger partial charge in [-0.2, -0.15) is 0 Å². The molecule has 0 aliphatic heterocycles. The fourth-order valence-corrected chi connectivity index (χ4v) is 2.03. The van der Waals surface area contributed by atoms with Crippen molar-refractivity contribution >= 4 is 17.6 Å². The second-order valence-corrected chi connectivity index (χ2v) is 4.88. The van der Waals surface area contributed by atoms with Gasteiger partial charge in [-0.05, 0) is 36.2 Å². The van der Waals surface area contributed by atoms with E-state index >= 15 is 0 Å². The Balaban J connectivity index is 1.89. The van der Waals surface area contributed by atoms with Crippen LogP contribution in [-0.2, 0) is 16.0 Å². The molecule has 5 heteroatoms. The maximum absolute atomic E-state index is 11.9. The molecule has 0 heterocycles. The van der Waals surface area contributed by atoms with Crippen LogP contribution in [0.3, 0.4) is 0 Å². The van der Waals surface area contributed by atoms with E-state index in [1.165, 1.54) is 7.11 Å². The summed E-state index contributed by atoms with van der Waals surface area (Å²) in [6.07, 6.45) is 0.899. The van der Waals surface area contributed by atoms with Gasteiger partial charge in [-0.25, -0.2) is 4.79 Å². The minimum absolute atomic E-state index is 0.355. The number of methoxy groups -OCH3 is 1. The molecule has 23 heavy (non-hydrogen) atoms. The van der Waals surface area contributed by atoms with Crippen molar-refractivity contribution in [3.05, 3.63) is 59.7 Å². The van der Waals surface area contributed by atoms with Crippen molar-refractivity contribution in [3.63, 3.8) is 0 Å². The van der Waals surface area contributed by atoms with Gasteiger partial charge < -0.3 is 14.8 Å². The van der Waals surface area contributed by atoms with Crippen molar-refractivity contribution in [2.75, 3.05) is 19.0 Å². The number of carbonyl (C=O) groups excluding carboxylic acids is 2. The first kappa shape index (κ1) is 16.5. The minimum atomic E-state index is -0.525. The van der Waals surface area contributed by atoms with Crippen molar-refractivity contribution in [1.82, 2.24) is 0 Å². The number of anilines is 1. The van der Waals surface area contributed by atoms with Gasteiger partial charge in [0.05, 0.1) is 18.4 Å². The van der Waals surface area contributed by atoms with Gasteiger partial charge in [0.1, 0.15) is 5.75 Å². The largest absolute Gasteiger partial charge is 0.495 e. The molecule has 0 unspecified atom stereocenters. The van der Waals surface area contributed by atoms with Crippen molar-refractivity contribution in [1.29, 1.82) is 0 Å². The summed E-state index contributed by atoms with van der Waals surface area (Å²) in [5.74, 6) is -0.404. The lowest BCUT2D eigenvalue weighted by atomic mass is 10.1. The number of ether oxygens (including phenoxy) is 2. The van der Waals surface area contributed by atoms with Crippen LogP contribution in [0.25, 0.3) is 0 Å². The summed E-state index contributed by atoms with van der Waals surface area (Å²) in [6.45, 7) is 1.68. The molecular formula is C18H19NO4. The zero-order valence-corrected chi connectivity index (χ0v) is 13.2. The Morgan fingerprint density at radius 3 is 2.39 bits per heavy atom. The molecule has 1 amide bonds. The van der Waals surface area contributed by atoms with E-state index in [4.69, 9.17) is 9.47 Å². The van der Waals surface area contributed by atoms with Crippen molar-refractivity contribution in [3.8, 4) is 5.75 Å². The predicted molar refractivity (Wildman–Crippen MR) is 87.7 cm³/mol. The number of esters is 1. The smallest absolute Gasteiger partial charge is 0.338 e. The Morgan fingerprint density at radius 2 is 1.74 bits per heavy atom. The highest BCUT2D eigenvalue weighted by molar-refractivity contribution is 5.96. The van der Waals surface area contributed by atoms with E-state index in [1.54, 1.807) is 36.4 Å². The number of carbonyl (C=O) groups is 2. The summed E-state index contributed by atoms with van der Waals surface area (Å²) in [5.41, 5.74) is 2.09. The number of hydrogen-bond donors (Lipinski definition) is 1. The van der Waals surface area contributed by atoms with Crippen molar-refractivity contribution in [2.45, 2.75) is 13.3 Å². The summed E-state index contributed by atoms with van der Waals surface area (Å²) in [5, 5.41) is 2.65. The lowest BCUT2D eigenvalue weighted by molar-refractivity contribution is -0.119. The first-order valence-electron chi connectivity index (χ1n) is 7.33. The number of aryl methyl sites for hydroxylation is 1. The van der Waals surface area contributed by atoms with Crippen LogP contribution >= 0.6 is 0 Å². The third-order valence-corrected chi connectivity index (χ3v) is 3.31. The lowest BCUT2D eigenvalue weighted by Crippen LogP contribution is -2.21. The molecular weight excluding hydrogens is 294 g/mol. The number of hydrogen-bond acceptors (Lipinski definition) is 4. The molecule has 0 spiro atoms. The number of amides is 1. The summed E-state index contributed by atoms with van der Waals surface area (Å²) in [4.78, 5) is 23.8. The number of rotatable bonds is 6. The summed E-state index contributed by atoms with van der Waals surface area (Å²) >= 11 is 0. The topological polar surface area (TPSA) is 64.6 Å². The first-order valence-corrected chi connectivity index (χ1v) is 7.33. The number of nitrogens with one attached hydrogen (secondary N) is 1. The standard InChI is InChI=1S/C18H19NO4/c1-3-13-8-10-14(11-9-13)18(21)23-12-17(20)19-15-6-4-5-7-16(15)22-2/h4-11H,3,12H2,1-2H3,(H,19,20). The van der Waals surface area contributed by atoms with Crippen molar-refractivity contribution < 1.29 is 19.1 Å². The molecule has 0 radical (unpaired) electrons. The van der Waals surface area contributed by atoms with Crippen molar-refractivity contribution in [2.24, 2.45) is 0 Å². The molecule has 0 saturated carbocycles. The molecule has 0 atom stereocenters. The molecule has 0 bridgehead atoms. The molecule has 0 aromatic heterocycles. The van der Waals surface area contributed by atoms with Crippen LogP contribution in [-0.4, -0.2) is 25.6 Å². The van der Waals surface area contributed by atoms with Crippen LogP contribution in [0.4, 0.5) is 5.69 Å². The van der Waals surface area contributed by atoms with Gasteiger partial charge >= 0.3 is 5.97 Å². The Morgan fingerprint density at radius 1 is 1.04 bits per heavy atom. The van der Waals surface area contributed by atoms with Gasteiger partial charge in [-0.3, -0.25) is 4.79 Å². The van der Waals surface area contributed by atoms with Gasteiger partial charge in [0.2, 0.25) is 0 Å². The third kappa shape index (κ3) is 4.57. The quantitative estimate of drug-likeness (QED) is 0.833. The van der Waals surface area contributed by atoms with Gasteiger partial charge in [0.25, 0.3) is 5.91 Å². The molecule has 0 saturated heterocycles. The van der Waals surface area contributed by atoms with E-state index in [1.807, 2.05) is 19.1 Å². The van der Waals surface area contributed by atoms with E-state index in [-0.39, 0.29) is 6.61 Å². The summed E-state index contributed by atoms with van der Waals surface area (Å²) in [6, 6.07) is 14.1. The molecule has 2 aromatic rings. The van der Waals surface area contributed by atoms with E-state index in [0.717, 1.165) is 12.0 Å². The molecule has 0 fully saturated rings. The Hall–Kier alpha value is -2.82.